The number of nitrogens with one attached hydrogen (secondary N) is 2. The first-order chi connectivity index (χ1) is 12.4. The molecule has 0 atom stereocenters. The number of anilines is 1. The van der Waals surface area contributed by atoms with Gasteiger partial charge in [0.05, 0.1) is 24.2 Å². The predicted octanol–water partition coefficient (Wildman–Crippen LogP) is 0.659. The lowest BCUT2D eigenvalue weighted by Crippen LogP contribution is -2.25. The van der Waals surface area contributed by atoms with Gasteiger partial charge in [0.15, 0.2) is 0 Å². The number of aromatic nitrogens is 3. The zero-order chi connectivity index (χ0) is 18.9. The molecule has 2 amide bonds. The molecule has 2 rings (SSSR count). The molecule has 3 N–H and O–H groups in total. The van der Waals surface area contributed by atoms with Gasteiger partial charge in [0.25, 0.3) is 0 Å². The molecule has 0 bridgehead atoms. The van der Waals surface area contributed by atoms with Crippen LogP contribution in [0.15, 0.2) is 30.5 Å². The summed E-state index contributed by atoms with van der Waals surface area (Å²) in [6.07, 6.45) is 1.45. The van der Waals surface area contributed by atoms with Gasteiger partial charge in [0, 0.05) is 5.69 Å². The molecule has 0 fully saturated rings. The lowest BCUT2D eigenvalue weighted by molar-refractivity contribution is -0.138. The van der Waals surface area contributed by atoms with Gasteiger partial charge in [-0.25, -0.2) is 4.68 Å². The van der Waals surface area contributed by atoms with Crippen molar-refractivity contribution >= 4 is 35.2 Å². The number of hydrogen-bond acceptors (Lipinski definition) is 6. The minimum Gasteiger partial charge on any atom is -0.480 e. The molecule has 1 aromatic carbocycles. The van der Waals surface area contributed by atoms with Gasteiger partial charge in [-0.3, -0.25) is 14.4 Å². The number of nitrogens with zero attached hydrogens (tertiary/aromatic N) is 3. The number of aliphatic carboxylic acids is 1. The summed E-state index contributed by atoms with van der Waals surface area (Å²) in [6, 6.07) is 7.45. The average Bonchev–Trinajstić information content (AvgIpc) is 3.02. The van der Waals surface area contributed by atoms with E-state index >= 15 is 0 Å². The first-order valence-electron chi connectivity index (χ1n) is 7.74. The van der Waals surface area contributed by atoms with Gasteiger partial charge >= 0.3 is 5.97 Å². The lowest BCUT2D eigenvalue weighted by Gasteiger charge is -2.06. The Morgan fingerprint density at radius 3 is 2.54 bits per heavy atom. The van der Waals surface area contributed by atoms with Crippen molar-refractivity contribution in [3.8, 4) is 0 Å². The molecule has 1 aromatic heterocycles. The van der Waals surface area contributed by atoms with Crippen LogP contribution in [0.3, 0.4) is 0 Å². The Labute approximate surface area is 154 Å². The monoisotopic (exact) mass is 377 g/mol. The SMILES string of the molecule is Cc1ccc(NC(=O)CSCC(=O)NCc2cn(CC(=O)O)nn2)cc1. The largest absolute Gasteiger partial charge is 0.480 e. The molecule has 0 aliphatic heterocycles. The standard InChI is InChI=1S/C16H19N5O4S/c1-11-2-4-12(5-3-11)18-15(23)10-26-9-14(22)17-6-13-7-21(20-19-13)8-16(24)25/h2-5,7H,6,8-10H2,1H3,(H,17,22)(H,18,23)(H,24,25). The summed E-state index contributed by atoms with van der Waals surface area (Å²) in [4.78, 5) is 34.1. The van der Waals surface area contributed by atoms with Crippen LogP contribution in [0, 0.1) is 6.92 Å². The van der Waals surface area contributed by atoms with Crippen LogP contribution in [-0.4, -0.2) is 49.4 Å². The van der Waals surface area contributed by atoms with Crippen molar-refractivity contribution in [1.29, 1.82) is 0 Å². The Hall–Kier alpha value is -2.88. The topological polar surface area (TPSA) is 126 Å². The first kappa shape index (κ1) is 19.4. The maximum atomic E-state index is 11.8. The molecule has 0 spiro atoms. The summed E-state index contributed by atoms with van der Waals surface area (Å²) in [5.41, 5.74) is 2.29. The number of amides is 2. The van der Waals surface area contributed by atoms with Crippen LogP contribution in [0.25, 0.3) is 0 Å². The van der Waals surface area contributed by atoms with Gasteiger partial charge in [-0.15, -0.1) is 16.9 Å². The van der Waals surface area contributed by atoms with Gasteiger partial charge in [-0.1, -0.05) is 22.9 Å². The van der Waals surface area contributed by atoms with E-state index in [9.17, 15) is 14.4 Å². The quantitative estimate of drug-likeness (QED) is 0.586. The number of carboxylic acid groups (broad SMARTS) is 1. The van der Waals surface area contributed by atoms with E-state index in [2.05, 4.69) is 20.9 Å². The van der Waals surface area contributed by atoms with Crippen molar-refractivity contribution in [3.05, 3.63) is 41.7 Å². The molecule has 0 saturated heterocycles. The fourth-order valence-corrected chi connectivity index (χ4v) is 2.59. The number of carbonyl (C=O) groups excluding carboxylic acids is 2. The first-order valence-corrected chi connectivity index (χ1v) is 8.89. The van der Waals surface area contributed by atoms with E-state index in [0.29, 0.717) is 5.69 Å². The van der Waals surface area contributed by atoms with Crippen LogP contribution < -0.4 is 10.6 Å². The van der Waals surface area contributed by atoms with Crippen molar-refractivity contribution in [3.63, 3.8) is 0 Å². The van der Waals surface area contributed by atoms with Crippen molar-refractivity contribution in [2.24, 2.45) is 0 Å². The summed E-state index contributed by atoms with van der Waals surface area (Å²) in [5, 5.41) is 21.5. The highest BCUT2D eigenvalue weighted by atomic mass is 32.2. The Balaban J connectivity index is 1.63. The molecule has 0 radical (unpaired) electrons. The van der Waals surface area contributed by atoms with Crippen LogP contribution in [-0.2, 0) is 27.5 Å². The van der Waals surface area contributed by atoms with Gasteiger partial charge in [0.2, 0.25) is 11.8 Å². The third-order valence-corrected chi connectivity index (χ3v) is 4.08. The van der Waals surface area contributed by atoms with E-state index in [4.69, 9.17) is 5.11 Å². The number of carbonyl (C=O) groups is 3. The molecule has 9 nitrogen and oxygen atoms in total. The molecule has 2 aromatic rings. The maximum Gasteiger partial charge on any atom is 0.325 e. The highest BCUT2D eigenvalue weighted by Gasteiger charge is 2.08. The summed E-state index contributed by atoms with van der Waals surface area (Å²) in [5.74, 6) is -1.15. The minimum absolute atomic E-state index is 0.130. The Morgan fingerprint density at radius 2 is 1.85 bits per heavy atom. The van der Waals surface area contributed by atoms with Crippen molar-refractivity contribution in [1.82, 2.24) is 20.3 Å². The molecule has 0 aliphatic rings. The van der Waals surface area contributed by atoms with E-state index in [1.807, 2.05) is 31.2 Å². The second-order valence-electron chi connectivity index (χ2n) is 5.48. The van der Waals surface area contributed by atoms with E-state index in [0.717, 1.165) is 11.3 Å². The zero-order valence-electron chi connectivity index (χ0n) is 14.1. The average molecular weight is 377 g/mol. The van der Waals surface area contributed by atoms with Crippen LogP contribution in [0.4, 0.5) is 5.69 Å². The number of rotatable bonds is 9. The summed E-state index contributed by atoms with van der Waals surface area (Å²) < 4.78 is 1.17. The van der Waals surface area contributed by atoms with Crippen LogP contribution in [0.5, 0.6) is 0 Å². The predicted molar refractivity (Wildman–Crippen MR) is 96.6 cm³/mol. The van der Waals surface area contributed by atoms with Crippen LogP contribution >= 0.6 is 11.8 Å². The smallest absolute Gasteiger partial charge is 0.325 e. The number of benzene rings is 1. The van der Waals surface area contributed by atoms with Crippen molar-refractivity contribution in [2.75, 3.05) is 16.8 Å². The third kappa shape index (κ3) is 6.93. The second-order valence-corrected chi connectivity index (χ2v) is 6.47. The van der Waals surface area contributed by atoms with Gasteiger partial charge < -0.3 is 15.7 Å². The van der Waals surface area contributed by atoms with Gasteiger partial charge in [-0.05, 0) is 19.1 Å². The normalized spacial score (nSPS) is 10.3. The van der Waals surface area contributed by atoms with Gasteiger partial charge in [-0.2, -0.15) is 0 Å². The molecule has 0 saturated carbocycles. The highest BCUT2D eigenvalue weighted by molar-refractivity contribution is 8.00. The van der Waals surface area contributed by atoms with Crippen molar-refractivity contribution < 1.29 is 19.5 Å². The van der Waals surface area contributed by atoms with E-state index < -0.39 is 5.97 Å². The molecule has 26 heavy (non-hydrogen) atoms. The number of carboxylic acids is 1. The molecule has 0 unspecified atom stereocenters. The highest BCUT2D eigenvalue weighted by Crippen LogP contribution is 2.09. The van der Waals surface area contributed by atoms with Crippen LogP contribution in [0.2, 0.25) is 0 Å². The molecular weight excluding hydrogens is 358 g/mol. The summed E-state index contributed by atoms with van der Waals surface area (Å²) in [7, 11) is 0. The van der Waals surface area contributed by atoms with Gasteiger partial charge in [0.1, 0.15) is 12.2 Å². The molecule has 1 heterocycles. The maximum absolute atomic E-state index is 11.8. The third-order valence-electron chi connectivity index (χ3n) is 3.15. The molecule has 0 aliphatic carbocycles. The van der Waals surface area contributed by atoms with Crippen LogP contribution in [0.1, 0.15) is 11.3 Å². The fourth-order valence-electron chi connectivity index (χ4n) is 1.95. The summed E-state index contributed by atoms with van der Waals surface area (Å²) in [6.45, 7) is 1.83. The number of hydrogen-bond donors (Lipinski definition) is 3. The zero-order valence-corrected chi connectivity index (χ0v) is 15.0. The molecule has 138 valence electrons. The van der Waals surface area contributed by atoms with E-state index in [1.54, 1.807) is 0 Å². The lowest BCUT2D eigenvalue weighted by atomic mass is 10.2. The summed E-state index contributed by atoms with van der Waals surface area (Å²) >= 11 is 1.20. The van der Waals surface area contributed by atoms with E-state index in [1.165, 1.54) is 22.6 Å². The molecule has 10 heteroatoms. The Bertz CT molecular complexity index is 775. The second kappa shape index (κ2) is 9.56. The minimum atomic E-state index is -1.02. The Morgan fingerprint density at radius 1 is 1.15 bits per heavy atom. The molecular formula is C16H19N5O4S. The van der Waals surface area contributed by atoms with E-state index in [-0.39, 0.29) is 36.4 Å². The Kier molecular flexibility index (Phi) is 7.15. The number of thioether (sulfide) groups is 1. The number of aryl methyl sites for hydroxylation is 1. The van der Waals surface area contributed by atoms with Crippen molar-refractivity contribution in [2.45, 2.75) is 20.0 Å². The fraction of sp³-hybridized carbons (Fsp3) is 0.312.